The molecule has 0 radical (unpaired) electrons. The molecule has 144 valence electrons. The first-order valence-corrected chi connectivity index (χ1v) is 9.81. The molecule has 5 rings (SSSR count). The highest BCUT2D eigenvalue weighted by Gasteiger charge is 2.55. The molecule has 0 unspecified atom stereocenters. The number of carbonyl (C=O) groups excluding carboxylic acids is 3. The Morgan fingerprint density at radius 3 is 2.07 bits per heavy atom. The number of hydrogen-bond donors (Lipinski definition) is 2. The summed E-state index contributed by atoms with van der Waals surface area (Å²) in [5, 5.41) is 0. The van der Waals surface area contributed by atoms with Crippen LogP contribution in [0.15, 0.2) is 30.3 Å². The maximum atomic E-state index is 12.9. The van der Waals surface area contributed by atoms with Crippen LogP contribution >= 0.6 is 0 Å². The van der Waals surface area contributed by atoms with Crippen molar-refractivity contribution in [3.63, 3.8) is 0 Å². The SMILES string of the molecule is C[C@H](OC(=O)C12CC3CC(CC(C3)C1)C2)C(=O)NNC(=O)c1ccccc1. The molecule has 2 N–H and O–H groups in total. The smallest absolute Gasteiger partial charge is 0.312 e. The fourth-order valence-electron chi connectivity index (χ4n) is 5.58. The van der Waals surface area contributed by atoms with Gasteiger partial charge in [-0.3, -0.25) is 25.2 Å². The van der Waals surface area contributed by atoms with Gasteiger partial charge in [-0.25, -0.2) is 0 Å². The van der Waals surface area contributed by atoms with Crippen LogP contribution in [0.3, 0.4) is 0 Å². The molecule has 4 saturated carbocycles. The molecule has 0 aromatic heterocycles. The molecule has 0 aliphatic heterocycles. The zero-order valence-electron chi connectivity index (χ0n) is 15.6. The van der Waals surface area contributed by atoms with Gasteiger partial charge >= 0.3 is 5.97 Å². The van der Waals surface area contributed by atoms with Crippen LogP contribution in [0.1, 0.15) is 55.8 Å². The third-order valence-corrected chi connectivity index (χ3v) is 6.46. The van der Waals surface area contributed by atoms with Gasteiger partial charge in [-0.1, -0.05) is 18.2 Å². The van der Waals surface area contributed by atoms with Crippen LogP contribution in [0.4, 0.5) is 0 Å². The molecule has 2 amide bonds. The minimum atomic E-state index is -0.943. The van der Waals surface area contributed by atoms with Gasteiger partial charge in [-0.15, -0.1) is 0 Å². The van der Waals surface area contributed by atoms with E-state index in [-0.39, 0.29) is 5.97 Å². The van der Waals surface area contributed by atoms with Crippen molar-refractivity contribution in [3.8, 4) is 0 Å². The Labute approximate surface area is 159 Å². The molecular formula is C21H26N2O4. The Bertz CT molecular complexity index is 711. The molecule has 4 bridgehead atoms. The molecule has 4 fully saturated rings. The summed E-state index contributed by atoms with van der Waals surface area (Å²) in [5.74, 6) is 0.730. The largest absolute Gasteiger partial charge is 0.452 e. The van der Waals surface area contributed by atoms with E-state index < -0.39 is 23.3 Å². The number of nitrogens with one attached hydrogen (secondary N) is 2. The zero-order chi connectivity index (χ0) is 19.0. The topological polar surface area (TPSA) is 84.5 Å². The quantitative estimate of drug-likeness (QED) is 0.630. The van der Waals surface area contributed by atoms with Crippen molar-refractivity contribution in [2.75, 3.05) is 0 Å². The predicted molar refractivity (Wildman–Crippen MR) is 98.2 cm³/mol. The number of esters is 1. The summed E-state index contributed by atoms with van der Waals surface area (Å²) in [6, 6.07) is 8.59. The van der Waals surface area contributed by atoms with E-state index in [2.05, 4.69) is 10.9 Å². The minimum absolute atomic E-state index is 0.237. The maximum absolute atomic E-state index is 12.9. The molecule has 1 atom stereocenters. The fraction of sp³-hybridized carbons (Fsp3) is 0.571. The summed E-state index contributed by atoms with van der Waals surface area (Å²) >= 11 is 0. The van der Waals surface area contributed by atoms with Crippen LogP contribution in [0.5, 0.6) is 0 Å². The Morgan fingerprint density at radius 2 is 1.52 bits per heavy atom. The van der Waals surface area contributed by atoms with Crippen molar-refractivity contribution in [3.05, 3.63) is 35.9 Å². The van der Waals surface area contributed by atoms with E-state index in [1.54, 1.807) is 37.3 Å². The molecular weight excluding hydrogens is 344 g/mol. The molecule has 0 spiro atoms. The molecule has 4 aliphatic rings. The van der Waals surface area contributed by atoms with E-state index >= 15 is 0 Å². The Hall–Kier alpha value is -2.37. The van der Waals surface area contributed by atoms with Crippen molar-refractivity contribution >= 4 is 17.8 Å². The lowest BCUT2D eigenvalue weighted by Crippen LogP contribution is -2.52. The van der Waals surface area contributed by atoms with Crippen LogP contribution in [-0.4, -0.2) is 23.9 Å². The summed E-state index contributed by atoms with van der Waals surface area (Å²) in [5.41, 5.74) is 4.75. The van der Waals surface area contributed by atoms with Gasteiger partial charge in [0.2, 0.25) is 0 Å². The first-order chi connectivity index (χ1) is 12.9. The Balaban J connectivity index is 1.31. The highest BCUT2D eigenvalue weighted by atomic mass is 16.5. The number of hydrogen-bond acceptors (Lipinski definition) is 4. The Morgan fingerprint density at radius 1 is 0.963 bits per heavy atom. The highest BCUT2D eigenvalue weighted by molar-refractivity contribution is 5.95. The second-order valence-corrected chi connectivity index (χ2v) is 8.55. The average Bonchev–Trinajstić information content (AvgIpc) is 2.65. The lowest BCUT2D eigenvalue weighted by Gasteiger charge is -2.55. The van der Waals surface area contributed by atoms with Crippen LogP contribution in [0.2, 0.25) is 0 Å². The molecule has 0 heterocycles. The normalized spacial score (nSPS) is 31.8. The van der Waals surface area contributed by atoms with Crippen molar-refractivity contribution in [1.29, 1.82) is 0 Å². The minimum Gasteiger partial charge on any atom is -0.452 e. The third-order valence-electron chi connectivity index (χ3n) is 6.46. The number of benzene rings is 1. The van der Waals surface area contributed by atoms with E-state index in [0.717, 1.165) is 19.3 Å². The summed E-state index contributed by atoms with van der Waals surface area (Å²) in [4.78, 5) is 37.1. The predicted octanol–water partition coefficient (Wildman–Crippen LogP) is 2.60. The van der Waals surface area contributed by atoms with Crippen molar-refractivity contribution < 1.29 is 19.1 Å². The second-order valence-electron chi connectivity index (χ2n) is 8.55. The molecule has 4 aliphatic carbocycles. The first kappa shape index (κ1) is 18.0. The van der Waals surface area contributed by atoms with Gasteiger partial charge in [0.25, 0.3) is 11.8 Å². The van der Waals surface area contributed by atoms with Crippen molar-refractivity contribution in [2.45, 2.75) is 51.6 Å². The standard InChI is InChI=1S/C21H26N2O4/c1-13(18(24)22-23-19(25)17-5-3-2-4-6-17)27-20(26)21-10-14-7-15(11-21)9-16(8-14)12-21/h2-6,13-16H,7-12H2,1H3,(H,22,24)(H,23,25)/t13-,14?,15?,16?,21?/m0/s1. The van der Waals surface area contributed by atoms with Gasteiger partial charge in [0.05, 0.1) is 5.41 Å². The van der Waals surface area contributed by atoms with E-state index in [4.69, 9.17) is 4.74 Å². The van der Waals surface area contributed by atoms with Crippen LogP contribution < -0.4 is 10.9 Å². The van der Waals surface area contributed by atoms with E-state index in [9.17, 15) is 14.4 Å². The maximum Gasteiger partial charge on any atom is 0.312 e. The lowest BCUT2D eigenvalue weighted by atomic mass is 9.49. The molecule has 6 heteroatoms. The monoisotopic (exact) mass is 370 g/mol. The molecule has 0 saturated heterocycles. The fourth-order valence-corrected chi connectivity index (χ4v) is 5.58. The van der Waals surface area contributed by atoms with Gasteiger partial charge in [0.1, 0.15) is 0 Å². The molecule has 1 aromatic rings. The van der Waals surface area contributed by atoms with Gasteiger partial charge in [-0.2, -0.15) is 0 Å². The summed E-state index contributed by atoms with van der Waals surface area (Å²) in [6.45, 7) is 1.54. The number of hydrazine groups is 1. The number of rotatable bonds is 4. The Kier molecular flexibility index (Phi) is 4.66. The zero-order valence-corrected chi connectivity index (χ0v) is 15.6. The number of ether oxygens (including phenoxy) is 1. The average molecular weight is 370 g/mol. The van der Waals surface area contributed by atoms with E-state index in [1.807, 2.05) is 0 Å². The van der Waals surface area contributed by atoms with Crippen LogP contribution in [-0.2, 0) is 14.3 Å². The van der Waals surface area contributed by atoms with Crippen LogP contribution in [0.25, 0.3) is 0 Å². The highest BCUT2D eigenvalue weighted by Crippen LogP contribution is 2.60. The van der Waals surface area contributed by atoms with Crippen molar-refractivity contribution in [2.24, 2.45) is 23.2 Å². The van der Waals surface area contributed by atoms with Gasteiger partial charge in [0.15, 0.2) is 6.10 Å². The molecule has 27 heavy (non-hydrogen) atoms. The first-order valence-electron chi connectivity index (χ1n) is 9.81. The van der Waals surface area contributed by atoms with Crippen LogP contribution in [0, 0.1) is 23.2 Å². The number of amides is 2. The van der Waals surface area contributed by atoms with Gasteiger partial charge < -0.3 is 4.74 Å². The molecule has 1 aromatic carbocycles. The third kappa shape index (κ3) is 3.57. The van der Waals surface area contributed by atoms with E-state index in [0.29, 0.717) is 23.3 Å². The summed E-state index contributed by atoms with van der Waals surface area (Å²) < 4.78 is 5.53. The second kappa shape index (κ2) is 6.98. The van der Waals surface area contributed by atoms with E-state index in [1.165, 1.54) is 19.3 Å². The van der Waals surface area contributed by atoms with Crippen molar-refractivity contribution in [1.82, 2.24) is 10.9 Å². The van der Waals surface area contributed by atoms with Gasteiger partial charge in [0, 0.05) is 5.56 Å². The lowest BCUT2D eigenvalue weighted by molar-refractivity contribution is -0.178. The van der Waals surface area contributed by atoms with Gasteiger partial charge in [-0.05, 0) is 75.3 Å². The number of carbonyl (C=O) groups is 3. The summed E-state index contributed by atoms with van der Waals surface area (Å²) in [7, 11) is 0. The molecule has 6 nitrogen and oxygen atoms in total. The summed E-state index contributed by atoms with van der Waals surface area (Å²) in [6.07, 6.45) is 5.49.